The lowest BCUT2D eigenvalue weighted by Crippen LogP contribution is -2.15. The first-order valence-electron chi connectivity index (χ1n) is 11.1. The number of methoxy groups -OCH3 is 1. The fourth-order valence-corrected chi connectivity index (χ4v) is 4.43. The fraction of sp³-hybridized carbons (Fsp3) is 0.222. The molecule has 0 unspecified atom stereocenters. The van der Waals surface area contributed by atoms with Crippen molar-refractivity contribution in [3.05, 3.63) is 83.4 Å². The Morgan fingerprint density at radius 1 is 1.00 bits per heavy atom. The van der Waals surface area contributed by atoms with Crippen LogP contribution in [0.4, 0.5) is 5.69 Å². The molecule has 1 amide bonds. The topological polar surface area (TPSA) is 69.0 Å². The standard InChI is InChI=1S/C27H27ClN4O2S/c1-27(2,3)19-11-9-18(10-12-19)25-30-31-26(32(25)21-15-13-20(28)14-16-21)35-17-24(33)29-22-7-5-6-8-23(22)34-4/h5-16H,17H2,1-4H3,(H,29,33). The van der Waals surface area contributed by atoms with E-state index in [2.05, 4.69) is 60.6 Å². The van der Waals surface area contributed by atoms with Gasteiger partial charge in [-0.2, -0.15) is 0 Å². The molecule has 35 heavy (non-hydrogen) atoms. The smallest absolute Gasteiger partial charge is 0.234 e. The summed E-state index contributed by atoms with van der Waals surface area (Å²) in [6.45, 7) is 6.55. The number of nitrogens with zero attached hydrogens (tertiary/aromatic N) is 3. The van der Waals surface area contributed by atoms with Gasteiger partial charge < -0.3 is 10.1 Å². The number of halogens is 1. The molecule has 0 atom stereocenters. The van der Waals surface area contributed by atoms with Crippen LogP contribution in [-0.4, -0.2) is 33.5 Å². The van der Waals surface area contributed by atoms with Crippen molar-refractivity contribution in [2.45, 2.75) is 31.3 Å². The van der Waals surface area contributed by atoms with Crippen molar-refractivity contribution in [2.24, 2.45) is 0 Å². The Morgan fingerprint density at radius 3 is 2.34 bits per heavy atom. The molecule has 8 heteroatoms. The first-order chi connectivity index (χ1) is 16.8. The van der Waals surface area contributed by atoms with E-state index in [1.807, 2.05) is 41.0 Å². The van der Waals surface area contributed by atoms with Gasteiger partial charge in [0.2, 0.25) is 5.91 Å². The number of thioether (sulfide) groups is 1. The molecule has 4 aromatic rings. The normalized spacial score (nSPS) is 11.3. The molecule has 1 heterocycles. The molecule has 0 radical (unpaired) electrons. The van der Waals surface area contributed by atoms with Gasteiger partial charge in [-0.3, -0.25) is 9.36 Å². The second-order valence-electron chi connectivity index (χ2n) is 8.98. The zero-order chi connectivity index (χ0) is 25.0. The Bertz CT molecular complexity index is 1310. The van der Waals surface area contributed by atoms with Crippen LogP contribution >= 0.6 is 23.4 Å². The van der Waals surface area contributed by atoms with E-state index in [-0.39, 0.29) is 17.1 Å². The molecular formula is C27H27ClN4O2S. The number of carbonyl (C=O) groups is 1. The molecule has 180 valence electrons. The van der Waals surface area contributed by atoms with E-state index in [9.17, 15) is 4.79 Å². The summed E-state index contributed by atoms with van der Waals surface area (Å²) in [6, 6.07) is 23.1. The fourth-order valence-electron chi connectivity index (χ4n) is 3.56. The van der Waals surface area contributed by atoms with Crippen molar-refractivity contribution in [1.29, 1.82) is 0 Å². The molecule has 0 aliphatic carbocycles. The van der Waals surface area contributed by atoms with Crippen LogP contribution in [0.3, 0.4) is 0 Å². The number of amides is 1. The highest BCUT2D eigenvalue weighted by Gasteiger charge is 2.19. The van der Waals surface area contributed by atoms with Crippen molar-refractivity contribution in [3.63, 3.8) is 0 Å². The molecule has 0 saturated heterocycles. The van der Waals surface area contributed by atoms with Crippen molar-refractivity contribution >= 4 is 35.0 Å². The Labute approximate surface area is 214 Å². The molecule has 3 aromatic carbocycles. The summed E-state index contributed by atoms with van der Waals surface area (Å²) < 4.78 is 7.27. The third-order valence-electron chi connectivity index (χ3n) is 5.44. The number of carbonyl (C=O) groups excluding carboxylic acids is 1. The maximum absolute atomic E-state index is 12.7. The van der Waals surface area contributed by atoms with Gasteiger partial charge in [0.25, 0.3) is 0 Å². The minimum atomic E-state index is -0.166. The summed E-state index contributed by atoms with van der Waals surface area (Å²) in [4.78, 5) is 12.7. The third-order valence-corrected chi connectivity index (χ3v) is 6.62. The molecule has 0 saturated carbocycles. The molecular weight excluding hydrogens is 480 g/mol. The third kappa shape index (κ3) is 5.86. The number of hydrogen-bond acceptors (Lipinski definition) is 5. The highest BCUT2D eigenvalue weighted by Crippen LogP contribution is 2.31. The number of ether oxygens (including phenoxy) is 1. The average molecular weight is 507 g/mol. The monoisotopic (exact) mass is 506 g/mol. The van der Waals surface area contributed by atoms with E-state index in [4.69, 9.17) is 16.3 Å². The Balaban J connectivity index is 1.61. The number of aromatic nitrogens is 3. The second kappa shape index (κ2) is 10.5. The minimum absolute atomic E-state index is 0.0538. The summed E-state index contributed by atoms with van der Waals surface area (Å²) in [5, 5.41) is 13.0. The average Bonchev–Trinajstić information content (AvgIpc) is 3.27. The van der Waals surface area contributed by atoms with Gasteiger partial charge >= 0.3 is 0 Å². The quantitative estimate of drug-likeness (QED) is 0.285. The molecule has 0 fully saturated rings. The van der Waals surface area contributed by atoms with Crippen LogP contribution in [0.15, 0.2) is 78.0 Å². The lowest BCUT2D eigenvalue weighted by molar-refractivity contribution is -0.113. The van der Waals surface area contributed by atoms with E-state index in [1.54, 1.807) is 19.2 Å². The molecule has 0 spiro atoms. The summed E-state index contributed by atoms with van der Waals surface area (Å²) in [5.74, 6) is 1.30. The number of benzene rings is 3. The molecule has 6 nitrogen and oxygen atoms in total. The van der Waals surface area contributed by atoms with Gasteiger partial charge in [0.05, 0.1) is 18.6 Å². The summed E-state index contributed by atoms with van der Waals surface area (Å²) in [7, 11) is 1.57. The Hall–Kier alpha value is -3.29. The maximum Gasteiger partial charge on any atom is 0.234 e. The summed E-state index contributed by atoms with van der Waals surface area (Å²) in [5.41, 5.74) is 3.71. The number of para-hydroxylation sites is 2. The van der Waals surface area contributed by atoms with Crippen LogP contribution in [0.5, 0.6) is 5.75 Å². The van der Waals surface area contributed by atoms with E-state index in [0.29, 0.717) is 27.4 Å². The first-order valence-corrected chi connectivity index (χ1v) is 12.5. The van der Waals surface area contributed by atoms with Gasteiger partial charge in [0.1, 0.15) is 5.75 Å². The van der Waals surface area contributed by atoms with E-state index in [1.165, 1.54) is 17.3 Å². The van der Waals surface area contributed by atoms with Crippen molar-refractivity contribution < 1.29 is 9.53 Å². The van der Waals surface area contributed by atoms with Gasteiger partial charge in [-0.15, -0.1) is 10.2 Å². The van der Waals surface area contributed by atoms with Crippen molar-refractivity contribution in [3.8, 4) is 22.8 Å². The minimum Gasteiger partial charge on any atom is -0.495 e. The van der Waals surface area contributed by atoms with Crippen molar-refractivity contribution in [2.75, 3.05) is 18.2 Å². The number of anilines is 1. The van der Waals surface area contributed by atoms with E-state index >= 15 is 0 Å². The highest BCUT2D eigenvalue weighted by molar-refractivity contribution is 7.99. The van der Waals surface area contributed by atoms with Gasteiger partial charge in [-0.1, -0.05) is 80.5 Å². The van der Waals surface area contributed by atoms with Crippen LogP contribution in [0.2, 0.25) is 5.02 Å². The summed E-state index contributed by atoms with van der Waals surface area (Å²) in [6.07, 6.45) is 0. The molecule has 0 bridgehead atoms. The summed E-state index contributed by atoms with van der Waals surface area (Å²) >= 11 is 7.44. The lowest BCUT2D eigenvalue weighted by Gasteiger charge is -2.19. The van der Waals surface area contributed by atoms with Gasteiger partial charge in [0, 0.05) is 16.3 Å². The molecule has 1 aromatic heterocycles. The number of hydrogen-bond donors (Lipinski definition) is 1. The van der Waals surface area contributed by atoms with Crippen LogP contribution < -0.4 is 10.1 Å². The van der Waals surface area contributed by atoms with Crippen LogP contribution in [-0.2, 0) is 10.2 Å². The van der Waals surface area contributed by atoms with Crippen LogP contribution in [0.1, 0.15) is 26.3 Å². The number of rotatable bonds is 7. The Kier molecular flexibility index (Phi) is 7.48. The second-order valence-corrected chi connectivity index (χ2v) is 10.4. The van der Waals surface area contributed by atoms with Gasteiger partial charge in [-0.05, 0) is 47.4 Å². The SMILES string of the molecule is COc1ccccc1NC(=O)CSc1nnc(-c2ccc(C(C)(C)C)cc2)n1-c1ccc(Cl)cc1. The van der Waals surface area contributed by atoms with Gasteiger partial charge in [-0.25, -0.2) is 0 Å². The van der Waals surface area contributed by atoms with Crippen LogP contribution in [0.25, 0.3) is 17.1 Å². The largest absolute Gasteiger partial charge is 0.495 e. The van der Waals surface area contributed by atoms with E-state index < -0.39 is 0 Å². The Morgan fingerprint density at radius 2 is 1.69 bits per heavy atom. The van der Waals surface area contributed by atoms with Crippen LogP contribution in [0, 0.1) is 0 Å². The van der Waals surface area contributed by atoms with Gasteiger partial charge in [0.15, 0.2) is 11.0 Å². The van der Waals surface area contributed by atoms with E-state index in [0.717, 1.165) is 11.3 Å². The molecule has 0 aliphatic rings. The molecule has 1 N–H and O–H groups in total. The predicted molar refractivity (Wildman–Crippen MR) is 143 cm³/mol. The molecule has 0 aliphatic heterocycles. The zero-order valence-electron chi connectivity index (χ0n) is 20.1. The zero-order valence-corrected chi connectivity index (χ0v) is 21.7. The maximum atomic E-state index is 12.7. The predicted octanol–water partition coefficient (Wildman–Crippen LogP) is 6.62. The molecule has 4 rings (SSSR count). The number of nitrogens with one attached hydrogen (secondary N) is 1. The highest BCUT2D eigenvalue weighted by atomic mass is 35.5. The van der Waals surface area contributed by atoms with Crippen molar-refractivity contribution in [1.82, 2.24) is 14.8 Å². The lowest BCUT2D eigenvalue weighted by atomic mass is 9.87. The first kappa shape index (κ1) is 24.8.